The number of rotatable bonds is 5. The van der Waals surface area contributed by atoms with Gasteiger partial charge in [0.25, 0.3) is 5.91 Å². The zero-order chi connectivity index (χ0) is 23.8. The van der Waals surface area contributed by atoms with E-state index in [1.54, 1.807) is 4.90 Å². The number of fused-ring (bicyclic) bond motifs is 2. The third kappa shape index (κ3) is 3.97. The van der Waals surface area contributed by atoms with E-state index in [0.717, 1.165) is 35.4 Å². The number of pyridine rings is 1. The van der Waals surface area contributed by atoms with Crippen molar-refractivity contribution in [3.63, 3.8) is 0 Å². The Hall–Kier alpha value is -4.00. The summed E-state index contributed by atoms with van der Waals surface area (Å²) in [5.41, 5.74) is 3.54. The first-order chi connectivity index (χ1) is 17.2. The first-order valence-electron chi connectivity index (χ1n) is 12.2. The lowest BCUT2D eigenvalue weighted by Crippen LogP contribution is -2.52. The Morgan fingerprint density at radius 3 is 2.63 bits per heavy atom. The Morgan fingerprint density at radius 2 is 1.77 bits per heavy atom. The van der Waals surface area contributed by atoms with Gasteiger partial charge in [-0.2, -0.15) is 0 Å². The van der Waals surface area contributed by atoms with Crippen LogP contribution < -0.4 is 0 Å². The number of piperidine rings is 1. The fourth-order valence-electron chi connectivity index (χ4n) is 5.43. The van der Waals surface area contributed by atoms with Crippen molar-refractivity contribution in [2.24, 2.45) is 0 Å². The summed E-state index contributed by atoms with van der Waals surface area (Å²) in [6.07, 6.45) is 4.32. The molecule has 2 aromatic carbocycles. The van der Waals surface area contributed by atoms with E-state index >= 15 is 0 Å². The summed E-state index contributed by atoms with van der Waals surface area (Å²) in [5, 5.41) is 8.76. The molecule has 0 saturated carbocycles. The van der Waals surface area contributed by atoms with Gasteiger partial charge in [0.15, 0.2) is 5.65 Å². The zero-order valence-electron chi connectivity index (χ0n) is 19.5. The largest absolute Gasteiger partial charge is 0.340 e. The van der Waals surface area contributed by atoms with Crippen LogP contribution >= 0.6 is 0 Å². The first-order valence-corrected chi connectivity index (χ1v) is 12.2. The average molecular weight is 466 g/mol. The summed E-state index contributed by atoms with van der Waals surface area (Å²) in [6.45, 7) is 1.73. The highest BCUT2D eigenvalue weighted by Gasteiger charge is 2.39. The Morgan fingerprint density at radius 1 is 0.971 bits per heavy atom. The van der Waals surface area contributed by atoms with Crippen LogP contribution in [0.25, 0.3) is 5.65 Å². The van der Waals surface area contributed by atoms with Crippen LogP contribution in [0.4, 0.5) is 0 Å². The van der Waals surface area contributed by atoms with Crippen molar-refractivity contribution in [1.82, 2.24) is 24.4 Å². The van der Waals surface area contributed by atoms with E-state index < -0.39 is 6.04 Å². The second-order valence-electron chi connectivity index (χ2n) is 9.41. The molecule has 2 aliphatic rings. The van der Waals surface area contributed by atoms with Crippen molar-refractivity contribution in [3.05, 3.63) is 102 Å². The lowest BCUT2D eigenvalue weighted by Gasteiger charge is -2.37. The third-order valence-electron chi connectivity index (χ3n) is 7.22. The number of carbonyl (C=O) groups is 2. The molecule has 1 saturated heterocycles. The predicted molar refractivity (Wildman–Crippen MR) is 132 cm³/mol. The topological polar surface area (TPSA) is 70.8 Å². The van der Waals surface area contributed by atoms with Crippen LogP contribution in [0.1, 0.15) is 46.1 Å². The fraction of sp³-hybridized carbons (Fsp3) is 0.286. The molecule has 176 valence electrons. The molecule has 2 amide bonds. The molecule has 0 N–H and O–H groups in total. The highest BCUT2D eigenvalue weighted by Crippen LogP contribution is 2.30. The maximum absolute atomic E-state index is 14.1. The fourth-order valence-corrected chi connectivity index (χ4v) is 5.43. The molecule has 1 unspecified atom stereocenters. The van der Waals surface area contributed by atoms with E-state index in [1.165, 1.54) is 0 Å². The van der Waals surface area contributed by atoms with Crippen molar-refractivity contribution in [3.8, 4) is 0 Å². The van der Waals surface area contributed by atoms with E-state index in [1.807, 2.05) is 88.3 Å². The Labute approximate surface area is 204 Å². The molecule has 0 bridgehead atoms. The Bertz CT molecular complexity index is 1380. The minimum Gasteiger partial charge on any atom is -0.340 e. The molecule has 0 radical (unpaired) electrons. The molecule has 7 heteroatoms. The standard InChI is InChI=1S/C28H27N5O2/c34-27-23-13-5-4-11-21(23)19-33(27)24(17-20-9-2-1-3-10-20)28(35)31-15-8-12-22(18-31)26-30-29-25-14-6-7-16-32(25)26/h1-7,9-11,13-14,16,22,24H,8,12,15,17-19H2/t22?,24-/m1/s1. The quantitative estimate of drug-likeness (QED) is 0.451. The molecular formula is C28H27N5O2. The van der Waals surface area contributed by atoms with Crippen LogP contribution in [0, 0.1) is 0 Å². The molecule has 2 aromatic heterocycles. The number of likely N-dealkylation sites (tertiary alicyclic amines) is 1. The van der Waals surface area contributed by atoms with Gasteiger partial charge in [0, 0.05) is 43.7 Å². The minimum atomic E-state index is -0.550. The first kappa shape index (κ1) is 21.5. The number of aromatic nitrogens is 3. The molecule has 7 nitrogen and oxygen atoms in total. The predicted octanol–water partition coefficient (Wildman–Crippen LogP) is 3.70. The van der Waals surface area contributed by atoms with Gasteiger partial charge in [-0.3, -0.25) is 14.0 Å². The van der Waals surface area contributed by atoms with E-state index in [2.05, 4.69) is 10.2 Å². The monoisotopic (exact) mass is 465 g/mol. The van der Waals surface area contributed by atoms with Gasteiger partial charge in [0.05, 0.1) is 0 Å². The molecule has 2 aliphatic heterocycles. The lowest BCUT2D eigenvalue weighted by molar-refractivity contribution is -0.137. The SMILES string of the molecule is O=C([C@@H](Cc1ccccc1)N1Cc2ccccc2C1=O)N1CCCC(c2nnc3ccccn23)C1. The number of hydrogen-bond acceptors (Lipinski definition) is 4. The smallest absolute Gasteiger partial charge is 0.255 e. The van der Waals surface area contributed by atoms with Crippen LogP contribution in [0.2, 0.25) is 0 Å². The summed E-state index contributed by atoms with van der Waals surface area (Å²) < 4.78 is 2.01. The summed E-state index contributed by atoms with van der Waals surface area (Å²) in [6, 6.07) is 22.9. The molecule has 4 heterocycles. The lowest BCUT2D eigenvalue weighted by atomic mass is 9.95. The maximum Gasteiger partial charge on any atom is 0.255 e. The van der Waals surface area contributed by atoms with Gasteiger partial charge < -0.3 is 9.80 Å². The van der Waals surface area contributed by atoms with E-state index in [9.17, 15) is 9.59 Å². The number of hydrogen-bond donors (Lipinski definition) is 0. The van der Waals surface area contributed by atoms with Gasteiger partial charge in [-0.05, 0) is 42.2 Å². The normalized spacial score (nSPS) is 18.6. The van der Waals surface area contributed by atoms with Crippen LogP contribution in [-0.2, 0) is 17.8 Å². The Kier molecular flexibility index (Phi) is 5.52. The van der Waals surface area contributed by atoms with Crippen LogP contribution in [-0.4, -0.2) is 55.3 Å². The highest BCUT2D eigenvalue weighted by atomic mass is 16.2. The number of amides is 2. The second kappa shape index (κ2) is 8.98. The third-order valence-corrected chi connectivity index (χ3v) is 7.22. The van der Waals surface area contributed by atoms with E-state index in [-0.39, 0.29) is 17.7 Å². The van der Waals surface area contributed by atoms with Crippen molar-refractivity contribution >= 4 is 17.5 Å². The second-order valence-corrected chi connectivity index (χ2v) is 9.41. The minimum absolute atomic E-state index is 0.00790. The summed E-state index contributed by atoms with van der Waals surface area (Å²) in [4.78, 5) is 31.1. The van der Waals surface area contributed by atoms with Crippen LogP contribution in [0.5, 0.6) is 0 Å². The molecule has 35 heavy (non-hydrogen) atoms. The molecule has 4 aromatic rings. The molecule has 6 rings (SSSR count). The van der Waals surface area contributed by atoms with Crippen molar-refractivity contribution in [2.75, 3.05) is 13.1 Å². The van der Waals surface area contributed by atoms with Gasteiger partial charge in [-0.15, -0.1) is 10.2 Å². The van der Waals surface area contributed by atoms with E-state index in [0.29, 0.717) is 31.6 Å². The van der Waals surface area contributed by atoms with Gasteiger partial charge in [-0.1, -0.05) is 54.6 Å². The number of carbonyl (C=O) groups excluding carboxylic acids is 2. The van der Waals surface area contributed by atoms with Crippen molar-refractivity contribution < 1.29 is 9.59 Å². The summed E-state index contributed by atoms with van der Waals surface area (Å²) in [5.74, 6) is 0.941. The van der Waals surface area contributed by atoms with Gasteiger partial charge in [0.1, 0.15) is 11.9 Å². The summed E-state index contributed by atoms with van der Waals surface area (Å²) in [7, 11) is 0. The Balaban J connectivity index is 1.29. The molecule has 2 atom stereocenters. The zero-order valence-corrected chi connectivity index (χ0v) is 19.5. The molecule has 0 spiro atoms. The van der Waals surface area contributed by atoms with Gasteiger partial charge in [-0.25, -0.2) is 0 Å². The van der Waals surface area contributed by atoms with E-state index in [4.69, 9.17) is 0 Å². The van der Waals surface area contributed by atoms with Crippen molar-refractivity contribution in [1.29, 1.82) is 0 Å². The van der Waals surface area contributed by atoms with Gasteiger partial charge >= 0.3 is 0 Å². The number of benzene rings is 2. The average Bonchev–Trinajstić information content (AvgIpc) is 3.49. The van der Waals surface area contributed by atoms with Crippen LogP contribution in [0.15, 0.2) is 79.0 Å². The number of nitrogens with zero attached hydrogens (tertiary/aromatic N) is 5. The maximum atomic E-state index is 14.1. The molecule has 0 aliphatic carbocycles. The molecule has 1 fully saturated rings. The molecular weight excluding hydrogens is 438 g/mol. The summed E-state index contributed by atoms with van der Waals surface area (Å²) >= 11 is 0. The van der Waals surface area contributed by atoms with Crippen LogP contribution in [0.3, 0.4) is 0 Å². The van der Waals surface area contributed by atoms with Crippen molar-refractivity contribution in [2.45, 2.75) is 37.8 Å². The highest BCUT2D eigenvalue weighted by molar-refractivity contribution is 6.01. The van der Waals surface area contributed by atoms with Gasteiger partial charge in [0.2, 0.25) is 5.91 Å².